The van der Waals surface area contributed by atoms with Crippen molar-refractivity contribution in [3.63, 3.8) is 0 Å². The molecule has 136 valence electrons. The molecule has 2 atom stereocenters. The second-order valence-electron chi connectivity index (χ2n) is 7.51. The molecule has 0 spiro atoms. The Labute approximate surface area is 150 Å². The number of hydrogen-bond acceptors (Lipinski definition) is 2. The van der Waals surface area contributed by atoms with E-state index in [4.69, 9.17) is 5.11 Å². The largest absolute Gasteiger partial charge is 0.465 e. The highest BCUT2D eigenvalue weighted by atomic mass is 16.4. The number of amides is 1. The molecule has 0 heterocycles. The van der Waals surface area contributed by atoms with E-state index >= 15 is 0 Å². The lowest BCUT2D eigenvalue weighted by Crippen LogP contribution is -2.38. The number of benzene rings is 1. The van der Waals surface area contributed by atoms with E-state index in [1.807, 2.05) is 0 Å². The van der Waals surface area contributed by atoms with Crippen molar-refractivity contribution in [2.45, 2.75) is 57.5 Å². The zero-order chi connectivity index (χ0) is 17.6. The molecular formula is C21H30N2O2. The third kappa shape index (κ3) is 5.33. The van der Waals surface area contributed by atoms with Gasteiger partial charge in [-0.2, -0.15) is 0 Å². The van der Waals surface area contributed by atoms with Crippen LogP contribution in [0, 0.1) is 11.8 Å². The van der Waals surface area contributed by atoms with E-state index in [-0.39, 0.29) is 6.04 Å². The van der Waals surface area contributed by atoms with Crippen LogP contribution in [0.15, 0.2) is 35.9 Å². The summed E-state index contributed by atoms with van der Waals surface area (Å²) in [5, 5.41) is 15.2. The Morgan fingerprint density at radius 1 is 1.20 bits per heavy atom. The van der Waals surface area contributed by atoms with Crippen LogP contribution in [0.3, 0.4) is 0 Å². The van der Waals surface area contributed by atoms with Gasteiger partial charge in [-0.15, -0.1) is 0 Å². The fourth-order valence-corrected chi connectivity index (χ4v) is 4.07. The Kier molecular flexibility index (Phi) is 6.14. The quantitative estimate of drug-likeness (QED) is 0.693. The summed E-state index contributed by atoms with van der Waals surface area (Å²) in [6.45, 7) is 3.32. The maximum absolute atomic E-state index is 10.7. The van der Waals surface area contributed by atoms with Gasteiger partial charge in [0, 0.05) is 12.1 Å². The van der Waals surface area contributed by atoms with Gasteiger partial charge in [-0.25, -0.2) is 4.79 Å². The summed E-state index contributed by atoms with van der Waals surface area (Å²) in [5.74, 6) is 1.38. The van der Waals surface area contributed by atoms with E-state index in [2.05, 4.69) is 54.0 Å². The first-order chi connectivity index (χ1) is 12.2. The third-order valence-corrected chi connectivity index (χ3v) is 5.67. The molecule has 1 aromatic rings. The summed E-state index contributed by atoms with van der Waals surface area (Å²) in [6, 6.07) is 11.4. The molecule has 4 nitrogen and oxygen atoms in total. The fraction of sp³-hybridized carbons (Fsp3) is 0.571. The van der Waals surface area contributed by atoms with Crippen LogP contribution in [-0.2, 0) is 0 Å². The van der Waals surface area contributed by atoms with Crippen molar-refractivity contribution in [2.75, 3.05) is 6.54 Å². The molecule has 2 fully saturated rings. The molecular weight excluding hydrogens is 312 g/mol. The Morgan fingerprint density at radius 2 is 1.92 bits per heavy atom. The second-order valence-corrected chi connectivity index (χ2v) is 7.51. The predicted octanol–water partition coefficient (Wildman–Crippen LogP) is 4.28. The van der Waals surface area contributed by atoms with Crippen molar-refractivity contribution in [3.8, 4) is 0 Å². The standard InChI is InChI=1S/C21H30N2O2/c1-2-17(12-15-6-4-3-5-7-15)19-13-20(19)22-14-16-8-10-18(11-9-16)23-21(24)25/h3-7,12,16,18-20,22-23H,2,8-11,13-14H2,1H3,(H,24,25)/t16?,18?,19-,20+/m0/s1. The van der Waals surface area contributed by atoms with Crippen LogP contribution >= 0.6 is 0 Å². The highest BCUT2D eigenvalue weighted by Gasteiger charge is 2.39. The minimum Gasteiger partial charge on any atom is -0.465 e. The topological polar surface area (TPSA) is 61.4 Å². The molecule has 3 N–H and O–H groups in total. The summed E-state index contributed by atoms with van der Waals surface area (Å²) < 4.78 is 0. The van der Waals surface area contributed by atoms with Crippen molar-refractivity contribution in [2.24, 2.45) is 11.8 Å². The monoisotopic (exact) mass is 342 g/mol. The molecule has 0 radical (unpaired) electrons. The summed E-state index contributed by atoms with van der Waals surface area (Å²) in [5.41, 5.74) is 2.85. The third-order valence-electron chi connectivity index (χ3n) is 5.67. The SMILES string of the molecule is CCC(=Cc1ccccc1)[C@@H]1C[C@H]1NCC1CCC(NC(=O)O)CC1. The van der Waals surface area contributed by atoms with Gasteiger partial charge in [0.25, 0.3) is 0 Å². The number of carboxylic acid groups (broad SMARTS) is 1. The summed E-state index contributed by atoms with van der Waals surface area (Å²) in [4.78, 5) is 10.7. The highest BCUT2D eigenvalue weighted by Crippen LogP contribution is 2.40. The predicted molar refractivity (Wildman–Crippen MR) is 102 cm³/mol. The Morgan fingerprint density at radius 3 is 2.56 bits per heavy atom. The first-order valence-electron chi connectivity index (χ1n) is 9.64. The molecule has 0 saturated heterocycles. The molecule has 1 aromatic carbocycles. The average Bonchev–Trinajstić information content (AvgIpc) is 3.39. The molecule has 2 saturated carbocycles. The summed E-state index contributed by atoms with van der Waals surface area (Å²) in [7, 11) is 0. The molecule has 0 aliphatic heterocycles. The van der Waals surface area contributed by atoms with E-state index in [1.165, 1.54) is 12.0 Å². The lowest BCUT2D eigenvalue weighted by Gasteiger charge is -2.28. The zero-order valence-corrected chi connectivity index (χ0v) is 15.1. The van der Waals surface area contributed by atoms with E-state index in [0.29, 0.717) is 17.9 Å². The maximum atomic E-state index is 10.7. The van der Waals surface area contributed by atoms with Crippen molar-refractivity contribution in [1.82, 2.24) is 10.6 Å². The van der Waals surface area contributed by atoms with Crippen LogP contribution in [0.5, 0.6) is 0 Å². The van der Waals surface area contributed by atoms with Crippen LogP contribution in [0.1, 0.15) is 51.0 Å². The first-order valence-corrected chi connectivity index (χ1v) is 9.64. The zero-order valence-electron chi connectivity index (χ0n) is 15.1. The van der Waals surface area contributed by atoms with Crippen molar-refractivity contribution in [1.29, 1.82) is 0 Å². The maximum Gasteiger partial charge on any atom is 0.404 e. The van der Waals surface area contributed by atoms with Gasteiger partial charge in [-0.3, -0.25) is 0 Å². The van der Waals surface area contributed by atoms with E-state index in [1.54, 1.807) is 5.57 Å². The molecule has 25 heavy (non-hydrogen) atoms. The Hall–Kier alpha value is -1.81. The van der Waals surface area contributed by atoms with E-state index < -0.39 is 6.09 Å². The van der Waals surface area contributed by atoms with Gasteiger partial charge in [0.05, 0.1) is 0 Å². The molecule has 0 aromatic heterocycles. The fourth-order valence-electron chi connectivity index (χ4n) is 4.07. The Bertz CT molecular complexity index is 591. The minimum atomic E-state index is -0.889. The molecule has 0 unspecified atom stereocenters. The molecule has 3 rings (SSSR count). The van der Waals surface area contributed by atoms with Crippen LogP contribution in [0.4, 0.5) is 4.79 Å². The van der Waals surface area contributed by atoms with E-state index in [9.17, 15) is 4.79 Å². The van der Waals surface area contributed by atoms with Gasteiger partial charge in [0.15, 0.2) is 0 Å². The molecule has 1 amide bonds. The van der Waals surface area contributed by atoms with Crippen molar-refractivity contribution in [3.05, 3.63) is 41.5 Å². The molecule has 2 aliphatic carbocycles. The van der Waals surface area contributed by atoms with Gasteiger partial charge in [-0.1, -0.05) is 48.9 Å². The lowest BCUT2D eigenvalue weighted by atomic mass is 9.86. The van der Waals surface area contributed by atoms with Crippen LogP contribution in [-0.4, -0.2) is 29.8 Å². The second kappa shape index (κ2) is 8.52. The van der Waals surface area contributed by atoms with Crippen molar-refractivity contribution < 1.29 is 9.90 Å². The number of hydrogen-bond donors (Lipinski definition) is 3. The minimum absolute atomic E-state index is 0.155. The van der Waals surface area contributed by atoms with Gasteiger partial charge >= 0.3 is 6.09 Å². The highest BCUT2D eigenvalue weighted by molar-refractivity contribution is 5.64. The van der Waals surface area contributed by atoms with Crippen LogP contribution in [0.25, 0.3) is 6.08 Å². The first kappa shape index (κ1) is 18.0. The van der Waals surface area contributed by atoms with Gasteiger partial charge < -0.3 is 15.7 Å². The van der Waals surface area contributed by atoms with E-state index in [0.717, 1.165) is 38.6 Å². The Balaban J connectivity index is 1.41. The van der Waals surface area contributed by atoms with Gasteiger partial charge in [0.2, 0.25) is 0 Å². The van der Waals surface area contributed by atoms with Crippen LogP contribution in [0.2, 0.25) is 0 Å². The van der Waals surface area contributed by atoms with Gasteiger partial charge in [0.1, 0.15) is 0 Å². The average molecular weight is 342 g/mol. The number of rotatable bonds is 7. The summed E-state index contributed by atoms with van der Waals surface area (Å²) >= 11 is 0. The molecule has 4 heteroatoms. The van der Waals surface area contributed by atoms with Gasteiger partial charge in [-0.05, 0) is 62.5 Å². The smallest absolute Gasteiger partial charge is 0.404 e. The van der Waals surface area contributed by atoms with Crippen molar-refractivity contribution >= 4 is 12.2 Å². The molecule has 2 aliphatic rings. The normalized spacial score (nSPS) is 29.2. The number of carbonyl (C=O) groups is 1. The summed E-state index contributed by atoms with van der Waals surface area (Å²) in [6.07, 6.45) is 8.02. The van der Waals surface area contributed by atoms with Crippen LogP contribution < -0.4 is 10.6 Å². The molecule has 0 bridgehead atoms. The number of nitrogens with one attached hydrogen (secondary N) is 2. The lowest BCUT2D eigenvalue weighted by molar-refractivity contribution is 0.182.